The van der Waals surface area contributed by atoms with Crippen molar-refractivity contribution in [2.75, 3.05) is 12.0 Å². The molecule has 0 aliphatic heterocycles. The lowest BCUT2D eigenvalue weighted by Crippen LogP contribution is -2.19. The molecule has 2 rings (SSSR count). The quantitative estimate of drug-likeness (QED) is 0.788. The second kappa shape index (κ2) is 6.58. The Morgan fingerprint density at radius 2 is 2.05 bits per heavy atom. The number of rotatable bonds is 6. The van der Waals surface area contributed by atoms with Crippen LogP contribution in [0.2, 0.25) is 0 Å². The second-order valence-corrected chi connectivity index (χ2v) is 5.54. The Kier molecular flexibility index (Phi) is 4.80. The Bertz CT molecular complexity index is 636. The normalized spacial score (nSPS) is 15.6. The lowest BCUT2D eigenvalue weighted by atomic mass is 10.1. The molecule has 0 bridgehead atoms. The van der Waals surface area contributed by atoms with Gasteiger partial charge < -0.3 is 10.2 Å². The number of fused-ring (bicyclic) bond motifs is 1. The highest BCUT2D eigenvalue weighted by Gasteiger charge is 2.28. The number of aliphatic carboxylic acids is 1. The summed E-state index contributed by atoms with van der Waals surface area (Å²) in [6.45, 7) is 0. The van der Waals surface area contributed by atoms with Crippen molar-refractivity contribution in [3.05, 3.63) is 41.0 Å². The average molecular weight is 305 g/mol. The molecule has 0 amide bonds. The van der Waals surface area contributed by atoms with Crippen LogP contribution in [0.4, 0.5) is 0 Å². The first-order chi connectivity index (χ1) is 10.1. The van der Waals surface area contributed by atoms with Gasteiger partial charge in [0.25, 0.3) is 0 Å². The predicted octanol–water partition coefficient (Wildman–Crippen LogP) is 2.43. The van der Waals surface area contributed by atoms with Gasteiger partial charge in [0.15, 0.2) is 5.78 Å². The highest BCUT2D eigenvalue weighted by molar-refractivity contribution is 7.98. The van der Waals surface area contributed by atoms with E-state index in [4.69, 9.17) is 5.11 Å². The predicted molar refractivity (Wildman–Crippen MR) is 83.2 cm³/mol. The summed E-state index contributed by atoms with van der Waals surface area (Å²) in [7, 11) is 0. The molecule has 0 unspecified atom stereocenters. The molecule has 5 nitrogen and oxygen atoms in total. The summed E-state index contributed by atoms with van der Waals surface area (Å²) in [5.41, 5.74) is 0.916. The van der Waals surface area contributed by atoms with E-state index in [-0.39, 0.29) is 17.1 Å². The minimum absolute atomic E-state index is 0.0478. The summed E-state index contributed by atoms with van der Waals surface area (Å²) in [6.07, 6.45) is 3.44. The van der Waals surface area contributed by atoms with Crippen LogP contribution in [0, 0.1) is 0 Å². The third kappa shape index (κ3) is 3.16. The molecule has 1 aromatic carbocycles. The molecular formula is C15H15NO4S. The van der Waals surface area contributed by atoms with Crippen LogP contribution in [0.15, 0.2) is 34.8 Å². The molecule has 0 saturated heterocycles. The fraction of sp³-hybridized carbons (Fsp3) is 0.267. The molecule has 1 atom stereocenters. The van der Waals surface area contributed by atoms with Crippen molar-refractivity contribution >= 4 is 35.5 Å². The van der Waals surface area contributed by atoms with Gasteiger partial charge in [-0.2, -0.15) is 11.8 Å². The van der Waals surface area contributed by atoms with Crippen LogP contribution in [-0.4, -0.2) is 46.2 Å². The number of carboxylic acids is 1. The van der Waals surface area contributed by atoms with E-state index in [2.05, 4.69) is 4.99 Å². The number of allylic oxidation sites excluding steroid dienone is 1. The molecule has 110 valence electrons. The standard InChI is InChI=1S/C15H15NO4S/c1-21-7-6-12(15(19)20)16-8-11-13(17)9-4-2-3-5-10(9)14(11)18/h2-5,8,12,17H,6-7H2,1H3,(H,19,20)/t12-/m1/s1. The Balaban J connectivity index is 2.23. The van der Waals surface area contributed by atoms with E-state index < -0.39 is 12.0 Å². The van der Waals surface area contributed by atoms with E-state index in [1.165, 1.54) is 18.0 Å². The number of nitrogens with zero attached hydrogens (tertiary/aromatic N) is 1. The molecule has 0 saturated carbocycles. The maximum Gasteiger partial charge on any atom is 0.328 e. The zero-order valence-electron chi connectivity index (χ0n) is 11.4. The zero-order valence-corrected chi connectivity index (χ0v) is 12.3. The smallest absolute Gasteiger partial charge is 0.328 e. The number of aliphatic imine (C=N–C) groups is 1. The number of Topliss-reactive ketones (excluding diaryl/α,β-unsaturated/α-hetero) is 1. The van der Waals surface area contributed by atoms with Gasteiger partial charge in [-0.3, -0.25) is 9.79 Å². The number of ketones is 1. The molecule has 0 fully saturated rings. The van der Waals surface area contributed by atoms with Gasteiger partial charge in [-0.05, 0) is 18.4 Å². The molecule has 0 radical (unpaired) electrons. The van der Waals surface area contributed by atoms with Crippen LogP contribution in [0.1, 0.15) is 22.3 Å². The summed E-state index contributed by atoms with van der Waals surface area (Å²) in [4.78, 5) is 27.2. The fourth-order valence-corrected chi connectivity index (χ4v) is 2.52. The van der Waals surface area contributed by atoms with Crippen LogP contribution in [0.5, 0.6) is 0 Å². The Labute approximate surface area is 126 Å². The van der Waals surface area contributed by atoms with Crippen LogP contribution in [0.25, 0.3) is 5.76 Å². The van der Waals surface area contributed by atoms with Gasteiger partial charge in [0.2, 0.25) is 0 Å². The van der Waals surface area contributed by atoms with Crippen LogP contribution in [0.3, 0.4) is 0 Å². The van der Waals surface area contributed by atoms with E-state index >= 15 is 0 Å². The number of benzene rings is 1. The maximum absolute atomic E-state index is 12.1. The summed E-state index contributed by atoms with van der Waals surface area (Å²) in [5, 5.41) is 19.1. The lowest BCUT2D eigenvalue weighted by Gasteiger charge is -2.05. The number of hydrogen-bond acceptors (Lipinski definition) is 5. The van der Waals surface area contributed by atoms with E-state index in [1.807, 2.05) is 6.26 Å². The number of thioether (sulfide) groups is 1. The third-order valence-electron chi connectivity index (χ3n) is 3.19. The van der Waals surface area contributed by atoms with E-state index in [0.717, 1.165) is 0 Å². The van der Waals surface area contributed by atoms with Crippen molar-refractivity contribution < 1.29 is 19.8 Å². The van der Waals surface area contributed by atoms with Crippen molar-refractivity contribution in [3.8, 4) is 0 Å². The van der Waals surface area contributed by atoms with Crippen molar-refractivity contribution in [2.45, 2.75) is 12.5 Å². The first-order valence-electron chi connectivity index (χ1n) is 6.38. The first kappa shape index (κ1) is 15.3. The van der Waals surface area contributed by atoms with Gasteiger partial charge >= 0.3 is 5.97 Å². The summed E-state index contributed by atoms with van der Waals surface area (Å²) >= 11 is 1.53. The minimum Gasteiger partial charge on any atom is -0.506 e. The van der Waals surface area contributed by atoms with Gasteiger partial charge in [0.05, 0.1) is 5.57 Å². The summed E-state index contributed by atoms with van der Waals surface area (Å²) < 4.78 is 0. The van der Waals surface area contributed by atoms with Gasteiger partial charge in [0, 0.05) is 17.3 Å². The van der Waals surface area contributed by atoms with Crippen molar-refractivity contribution in [3.63, 3.8) is 0 Å². The summed E-state index contributed by atoms with van der Waals surface area (Å²) in [5.74, 6) is -0.856. The van der Waals surface area contributed by atoms with Crippen molar-refractivity contribution in [1.82, 2.24) is 0 Å². The highest BCUT2D eigenvalue weighted by Crippen LogP contribution is 2.29. The third-order valence-corrected chi connectivity index (χ3v) is 3.83. The Hall–Kier alpha value is -2.08. The molecule has 21 heavy (non-hydrogen) atoms. The molecule has 1 aliphatic carbocycles. The molecule has 0 spiro atoms. The number of carbonyl (C=O) groups is 2. The lowest BCUT2D eigenvalue weighted by molar-refractivity contribution is -0.138. The monoisotopic (exact) mass is 305 g/mol. The number of aliphatic hydroxyl groups excluding tert-OH is 1. The van der Waals surface area contributed by atoms with Crippen molar-refractivity contribution in [2.24, 2.45) is 4.99 Å². The number of carbonyl (C=O) groups excluding carboxylic acids is 1. The Morgan fingerprint density at radius 1 is 1.38 bits per heavy atom. The number of carboxylic acid groups (broad SMARTS) is 1. The number of aliphatic hydroxyl groups is 1. The zero-order chi connectivity index (χ0) is 15.4. The minimum atomic E-state index is -1.04. The second-order valence-electron chi connectivity index (χ2n) is 4.55. The van der Waals surface area contributed by atoms with Gasteiger partial charge in [-0.15, -0.1) is 0 Å². The van der Waals surface area contributed by atoms with Crippen LogP contribution in [-0.2, 0) is 4.79 Å². The molecule has 0 heterocycles. The SMILES string of the molecule is CSCC[C@@H](N=CC1=C(O)c2ccccc2C1=O)C(=O)O. The van der Waals surface area contributed by atoms with Crippen molar-refractivity contribution in [1.29, 1.82) is 0 Å². The van der Waals surface area contributed by atoms with Gasteiger partial charge in [-0.1, -0.05) is 24.3 Å². The van der Waals surface area contributed by atoms with Gasteiger partial charge in [0.1, 0.15) is 11.8 Å². The highest BCUT2D eigenvalue weighted by atomic mass is 32.2. The molecule has 0 aromatic heterocycles. The molecular weight excluding hydrogens is 290 g/mol. The average Bonchev–Trinajstić information content (AvgIpc) is 2.72. The van der Waals surface area contributed by atoms with E-state index in [0.29, 0.717) is 23.3 Å². The molecule has 2 N–H and O–H groups in total. The van der Waals surface area contributed by atoms with E-state index in [9.17, 15) is 14.7 Å². The molecule has 1 aromatic rings. The van der Waals surface area contributed by atoms with Gasteiger partial charge in [-0.25, -0.2) is 4.79 Å². The topological polar surface area (TPSA) is 87.0 Å². The molecule has 1 aliphatic rings. The Morgan fingerprint density at radius 3 is 2.62 bits per heavy atom. The largest absolute Gasteiger partial charge is 0.506 e. The van der Waals surface area contributed by atoms with E-state index in [1.54, 1.807) is 24.3 Å². The molecule has 6 heteroatoms. The van der Waals surface area contributed by atoms with Crippen LogP contribution >= 0.6 is 11.8 Å². The van der Waals surface area contributed by atoms with Crippen LogP contribution < -0.4 is 0 Å². The fourth-order valence-electron chi connectivity index (χ4n) is 2.06. The maximum atomic E-state index is 12.1. The summed E-state index contributed by atoms with van der Waals surface area (Å²) in [6, 6.07) is 5.79. The number of hydrogen-bond donors (Lipinski definition) is 2. The first-order valence-corrected chi connectivity index (χ1v) is 7.78.